The summed E-state index contributed by atoms with van der Waals surface area (Å²) in [5, 5.41) is 13.4. The predicted molar refractivity (Wildman–Crippen MR) is 132 cm³/mol. The molecule has 0 unspecified atom stereocenters. The van der Waals surface area contributed by atoms with E-state index in [0.29, 0.717) is 0 Å². The summed E-state index contributed by atoms with van der Waals surface area (Å²) < 4.78 is 0. The number of nitrogens with one attached hydrogen (secondary N) is 1. The standard InChI is InChI=1S/C25H36N4O3S/c1-15-21(33-14-27-15)18-10-8-17(9-11-18)16(2)28(7)23(31)20-12-19(30)13-29(20)24(32)22(26-6)25(3,4)5/h8-11,14,16,19-20,22,26,30H,12-13H2,1-7H3/t16-,19+,20-,22+/m0/s1. The molecule has 7 nitrogen and oxygen atoms in total. The lowest BCUT2D eigenvalue weighted by molar-refractivity contribution is -0.146. The minimum absolute atomic E-state index is 0.148. The summed E-state index contributed by atoms with van der Waals surface area (Å²) >= 11 is 1.61. The number of aliphatic hydroxyl groups is 1. The normalized spacial score (nSPS) is 20.5. The molecular formula is C25H36N4O3S. The van der Waals surface area contributed by atoms with Crippen LogP contribution in [0.1, 0.15) is 51.4 Å². The molecule has 0 aliphatic carbocycles. The van der Waals surface area contributed by atoms with E-state index >= 15 is 0 Å². The summed E-state index contributed by atoms with van der Waals surface area (Å²) in [6.07, 6.45) is -0.447. The van der Waals surface area contributed by atoms with Gasteiger partial charge in [0, 0.05) is 20.0 Å². The highest BCUT2D eigenvalue weighted by atomic mass is 32.1. The summed E-state index contributed by atoms with van der Waals surface area (Å²) in [6.45, 7) is 10.1. The molecule has 1 saturated heterocycles. The van der Waals surface area contributed by atoms with Gasteiger partial charge in [0.05, 0.1) is 34.3 Å². The quantitative estimate of drug-likeness (QED) is 0.674. The van der Waals surface area contributed by atoms with E-state index in [9.17, 15) is 14.7 Å². The predicted octanol–water partition coefficient (Wildman–Crippen LogP) is 3.23. The molecule has 4 atom stereocenters. The molecule has 2 amide bonds. The number of likely N-dealkylation sites (N-methyl/N-ethyl adjacent to an activating group) is 2. The van der Waals surface area contributed by atoms with Crippen molar-refractivity contribution in [3.8, 4) is 10.4 Å². The maximum atomic E-state index is 13.5. The maximum Gasteiger partial charge on any atom is 0.245 e. The number of nitrogens with zero attached hydrogens (tertiary/aromatic N) is 3. The number of hydrogen-bond donors (Lipinski definition) is 2. The van der Waals surface area contributed by atoms with Crippen LogP contribution in [0.2, 0.25) is 0 Å². The van der Waals surface area contributed by atoms with Crippen molar-refractivity contribution in [1.29, 1.82) is 0 Å². The van der Waals surface area contributed by atoms with Gasteiger partial charge in [-0.15, -0.1) is 11.3 Å². The number of carbonyl (C=O) groups is 2. The Bertz CT molecular complexity index is 982. The third kappa shape index (κ3) is 5.28. The fraction of sp³-hybridized carbons (Fsp3) is 0.560. The molecule has 0 saturated carbocycles. The first-order valence-electron chi connectivity index (χ1n) is 11.4. The van der Waals surface area contributed by atoms with Crippen molar-refractivity contribution >= 4 is 23.2 Å². The van der Waals surface area contributed by atoms with Gasteiger partial charge in [0.2, 0.25) is 11.8 Å². The first kappa shape index (κ1) is 25.3. The Balaban J connectivity index is 1.77. The van der Waals surface area contributed by atoms with E-state index in [-0.39, 0.29) is 36.2 Å². The number of benzene rings is 1. The Morgan fingerprint density at radius 1 is 1.27 bits per heavy atom. The lowest BCUT2D eigenvalue weighted by Gasteiger charge is -2.36. The Hall–Kier alpha value is -2.29. The second-order valence-corrected chi connectivity index (χ2v) is 10.9. The molecule has 1 aliphatic heterocycles. The monoisotopic (exact) mass is 472 g/mol. The second-order valence-electron chi connectivity index (χ2n) is 10.00. The molecule has 2 N–H and O–H groups in total. The largest absolute Gasteiger partial charge is 0.391 e. The molecular weight excluding hydrogens is 436 g/mol. The molecule has 0 spiro atoms. The Morgan fingerprint density at radius 3 is 2.42 bits per heavy atom. The number of hydrogen-bond acceptors (Lipinski definition) is 6. The highest BCUT2D eigenvalue weighted by molar-refractivity contribution is 7.13. The molecule has 1 aromatic heterocycles. The van der Waals surface area contributed by atoms with E-state index in [4.69, 9.17) is 0 Å². The Labute approximate surface area is 200 Å². The molecule has 180 valence electrons. The van der Waals surface area contributed by atoms with Gasteiger partial charge < -0.3 is 20.2 Å². The van der Waals surface area contributed by atoms with Crippen molar-refractivity contribution in [1.82, 2.24) is 20.1 Å². The zero-order valence-electron chi connectivity index (χ0n) is 20.6. The van der Waals surface area contributed by atoms with E-state index in [1.54, 1.807) is 35.2 Å². The maximum absolute atomic E-state index is 13.5. The van der Waals surface area contributed by atoms with Crippen LogP contribution in [0.25, 0.3) is 10.4 Å². The molecule has 33 heavy (non-hydrogen) atoms. The zero-order chi connectivity index (χ0) is 24.5. The van der Waals surface area contributed by atoms with Crippen molar-refractivity contribution in [2.45, 2.75) is 65.3 Å². The second kappa shape index (κ2) is 9.91. The van der Waals surface area contributed by atoms with Gasteiger partial charge in [-0.3, -0.25) is 9.59 Å². The molecule has 1 fully saturated rings. The summed E-state index contributed by atoms with van der Waals surface area (Å²) in [7, 11) is 3.52. The van der Waals surface area contributed by atoms with Gasteiger partial charge in [0.1, 0.15) is 6.04 Å². The van der Waals surface area contributed by atoms with Gasteiger partial charge in [-0.1, -0.05) is 45.0 Å². The highest BCUT2D eigenvalue weighted by Crippen LogP contribution is 2.31. The van der Waals surface area contributed by atoms with Gasteiger partial charge in [0.15, 0.2) is 0 Å². The van der Waals surface area contributed by atoms with Crippen molar-refractivity contribution < 1.29 is 14.7 Å². The number of β-amino-alcohol motifs (C(OH)–C–C–N with tert-alkyl or cyclic N) is 1. The number of carbonyl (C=O) groups excluding carboxylic acids is 2. The number of aliphatic hydroxyl groups excluding tert-OH is 1. The van der Waals surface area contributed by atoms with Crippen LogP contribution in [0.5, 0.6) is 0 Å². The van der Waals surface area contributed by atoms with Gasteiger partial charge in [-0.05, 0) is 37.4 Å². The Kier molecular flexibility index (Phi) is 7.61. The summed E-state index contributed by atoms with van der Waals surface area (Å²) in [5.41, 5.74) is 4.65. The van der Waals surface area contributed by atoms with E-state index < -0.39 is 18.2 Å². The van der Waals surface area contributed by atoms with E-state index in [1.807, 2.05) is 52.3 Å². The minimum Gasteiger partial charge on any atom is -0.391 e. The Morgan fingerprint density at radius 2 is 1.91 bits per heavy atom. The minimum atomic E-state index is -0.703. The van der Waals surface area contributed by atoms with Crippen LogP contribution in [0, 0.1) is 12.3 Å². The van der Waals surface area contributed by atoms with Crippen LogP contribution < -0.4 is 5.32 Å². The summed E-state index contributed by atoms with van der Waals surface area (Å²) in [6, 6.07) is 6.90. The first-order chi connectivity index (χ1) is 15.5. The van der Waals surface area contributed by atoms with Crippen LogP contribution in [-0.2, 0) is 9.59 Å². The first-order valence-corrected chi connectivity index (χ1v) is 12.3. The summed E-state index contributed by atoms with van der Waals surface area (Å²) in [4.78, 5) is 35.5. The molecule has 1 aliphatic rings. The summed E-state index contributed by atoms with van der Waals surface area (Å²) in [5.74, 6) is -0.302. The van der Waals surface area contributed by atoms with Crippen molar-refractivity contribution in [2.75, 3.05) is 20.6 Å². The lowest BCUT2D eigenvalue weighted by Crippen LogP contribution is -2.56. The van der Waals surface area contributed by atoms with Gasteiger partial charge in [-0.2, -0.15) is 0 Å². The molecule has 1 aromatic carbocycles. The van der Waals surface area contributed by atoms with Gasteiger partial charge >= 0.3 is 0 Å². The van der Waals surface area contributed by atoms with E-state index in [2.05, 4.69) is 22.4 Å². The number of aromatic nitrogens is 1. The molecule has 8 heteroatoms. The third-order valence-electron chi connectivity index (χ3n) is 6.58. The smallest absolute Gasteiger partial charge is 0.245 e. The average Bonchev–Trinajstić information content (AvgIpc) is 3.37. The van der Waals surface area contributed by atoms with Gasteiger partial charge in [0.25, 0.3) is 0 Å². The lowest BCUT2D eigenvalue weighted by atomic mass is 9.85. The average molecular weight is 473 g/mol. The number of amides is 2. The van der Waals surface area contributed by atoms with Crippen LogP contribution in [0.15, 0.2) is 29.8 Å². The molecule has 2 aromatic rings. The fourth-order valence-corrected chi connectivity index (χ4v) is 5.34. The number of aryl methyl sites for hydroxylation is 1. The zero-order valence-corrected chi connectivity index (χ0v) is 21.4. The van der Waals surface area contributed by atoms with Crippen LogP contribution in [0.3, 0.4) is 0 Å². The third-order valence-corrected chi connectivity index (χ3v) is 7.56. The van der Waals surface area contributed by atoms with Crippen LogP contribution in [0.4, 0.5) is 0 Å². The highest BCUT2D eigenvalue weighted by Gasteiger charge is 2.44. The molecule has 3 rings (SSSR count). The SMILES string of the molecule is CN[C@H](C(=O)N1C[C@H](O)C[C@H]1C(=O)N(C)[C@@H](C)c1ccc(-c2scnc2C)cc1)C(C)(C)C. The van der Waals surface area contributed by atoms with Crippen LogP contribution in [-0.4, -0.2) is 70.5 Å². The number of likely N-dealkylation sites (tertiary alicyclic amines) is 1. The van der Waals surface area contributed by atoms with E-state index in [0.717, 1.165) is 21.7 Å². The van der Waals surface area contributed by atoms with Crippen molar-refractivity contribution in [3.05, 3.63) is 41.0 Å². The number of thiazole rings is 1. The molecule has 0 bridgehead atoms. The number of rotatable bonds is 6. The molecule has 0 radical (unpaired) electrons. The fourth-order valence-electron chi connectivity index (χ4n) is 4.53. The molecule has 2 heterocycles. The van der Waals surface area contributed by atoms with Crippen LogP contribution >= 0.6 is 11.3 Å². The van der Waals surface area contributed by atoms with Crippen molar-refractivity contribution in [3.63, 3.8) is 0 Å². The van der Waals surface area contributed by atoms with E-state index in [1.165, 1.54) is 0 Å². The van der Waals surface area contributed by atoms with Crippen molar-refractivity contribution in [2.24, 2.45) is 5.41 Å². The topological polar surface area (TPSA) is 85.8 Å². The van der Waals surface area contributed by atoms with Gasteiger partial charge in [-0.25, -0.2) is 4.98 Å².